The quantitative estimate of drug-likeness (QED) is 0.789. The fourth-order valence-corrected chi connectivity index (χ4v) is 4.13. The first kappa shape index (κ1) is 18.9. The molecule has 0 radical (unpaired) electrons. The molecule has 2 aromatic rings. The molecule has 0 atom stereocenters. The van der Waals surface area contributed by atoms with E-state index in [9.17, 15) is 4.79 Å². The van der Waals surface area contributed by atoms with E-state index in [1.165, 1.54) is 6.42 Å². The van der Waals surface area contributed by atoms with Crippen molar-refractivity contribution >= 4 is 29.3 Å². The molecule has 0 unspecified atom stereocenters. The number of carbonyl (C=O) groups excluding carboxylic acids is 1. The third-order valence-electron chi connectivity index (χ3n) is 5.34. The van der Waals surface area contributed by atoms with Crippen LogP contribution >= 0.6 is 11.6 Å². The number of hydrogen-bond acceptors (Lipinski definition) is 6. The summed E-state index contributed by atoms with van der Waals surface area (Å²) in [7, 11) is 0. The van der Waals surface area contributed by atoms with Crippen molar-refractivity contribution in [3.8, 4) is 0 Å². The molecule has 4 rings (SSSR count). The van der Waals surface area contributed by atoms with Gasteiger partial charge in [-0.3, -0.25) is 4.79 Å². The minimum absolute atomic E-state index is 0.0314. The average Bonchev–Trinajstić information content (AvgIpc) is 3.00. The van der Waals surface area contributed by atoms with Crippen LogP contribution in [0.3, 0.4) is 0 Å². The van der Waals surface area contributed by atoms with Crippen LogP contribution in [0.1, 0.15) is 36.0 Å². The van der Waals surface area contributed by atoms with Crippen molar-refractivity contribution in [1.82, 2.24) is 19.9 Å². The molecule has 0 saturated carbocycles. The summed E-state index contributed by atoms with van der Waals surface area (Å²) in [5, 5.41) is 0.535. The zero-order valence-electron chi connectivity index (χ0n) is 15.9. The van der Waals surface area contributed by atoms with Gasteiger partial charge in [0.2, 0.25) is 5.95 Å². The molecule has 4 heterocycles. The van der Waals surface area contributed by atoms with Gasteiger partial charge >= 0.3 is 0 Å². The summed E-state index contributed by atoms with van der Waals surface area (Å²) in [5.74, 6) is 1.53. The molecule has 2 aromatic heterocycles. The summed E-state index contributed by atoms with van der Waals surface area (Å²) in [6, 6.07) is 3.59. The molecule has 0 aromatic carbocycles. The van der Waals surface area contributed by atoms with Gasteiger partial charge in [0.1, 0.15) is 5.82 Å². The van der Waals surface area contributed by atoms with E-state index in [1.807, 2.05) is 11.0 Å². The zero-order valence-corrected chi connectivity index (χ0v) is 16.7. The van der Waals surface area contributed by atoms with E-state index < -0.39 is 0 Å². The predicted molar refractivity (Wildman–Crippen MR) is 110 cm³/mol. The van der Waals surface area contributed by atoms with Crippen molar-refractivity contribution in [1.29, 1.82) is 0 Å². The smallest absolute Gasteiger partial charge is 0.255 e. The molecule has 2 saturated heterocycles. The number of nitrogens with zero attached hydrogens (tertiary/aromatic N) is 6. The van der Waals surface area contributed by atoms with Gasteiger partial charge in [-0.2, -0.15) is 0 Å². The topological polar surface area (TPSA) is 65.5 Å². The molecule has 0 bridgehead atoms. The van der Waals surface area contributed by atoms with Crippen molar-refractivity contribution in [2.24, 2.45) is 0 Å². The van der Waals surface area contributed by atoms with Gasteiger partial charge in [0.25, 0.3) is 5.91 Å². The number of carbonyl (C=O) groups is 1. The van der Waals surface area contributed by atoms with Gasteiger partial charge < -0.3 is 14.7 Å². The minimum atomic E-state index is 0.0314. The minimum Gasteiger partial charge on any atom is -0.354 e. The van der Waals surface area contributed by atoms with Crippen molar-refractivity contribution in [2.75, 3.05) is 49.1 Å². The summed E-state index contributed by atoms with van der Waals surface area (Å²) >= 11 is 6.54. The van der Waals surface area contributed by atoms with E-state index in [0.717, 1.165) is 70.3 Å². The molecule has 8 heteroatoms. The second kappa shape index (κ2) is 8.73. The number of rotatable bonds is 3. The van der Waals surface area contributed by atoms with Crippen molar-refractivity contribution in [2.45, 2.75) is 25.7 Å². The standard InChI is InChI=1S/C20H25ClN6O/c21-17-14-16(19(28)26-8-2-1-3-9-26)15-24-18(17)25-10-5-11-27(13-12-25)20-22-6-4-7-23-20/h4,6-7,14-15H,1-3,5,8-13H2. The van der Waals surface area contributed by atoms with E-state index >= 15 is 0 Å². The zero-order chi connectivity index (χ0) is 19.3. The molecule has 7 nitrogen and oxygen atoms in total. The lowest BCUT2D eigenvalue weighted by atomic mass is 10.1. The number of anilines is 2. The van der Waals surface area contributed by atoms with Crippen molar-refractivity contribution < 1.29 is 4.79 Å². The highest BCUT2D eigenvalue weighted by Crippen LogP contribution is 2.26. The Hall–Kier alpha value is -2.41. The Bertz CT molecular complexity index is 812. The molecule has 2 fully saturated rings. The van der Waals surface area contributed by atoms with Gasteiger partial charge in [0.05, 0.1) is 10.6 Å². The Balaban J connectivity index is 1.45. The maximum Gasteiger partial charge on any atom is 0.255 e. The summed E-state index contributed by atoms with van der Waals surface area (Å²) in [6.07, 6.45) is 9.50. The number of aromatic nitrogens is 3. The molecule has 0 N–H and O–H groups in total. The van der Waals surface area contributed by atoms with Crippen LogP contribution in [0.4, 0.5) is 11.8 Å². The summed E-state index contributed by atoms with van der Waals surface area (Å²) in [4.78, 5) is 32.2. The molecule has 0 aliphatic carbocycles. The Kier molecular flexibility index (Phi) is 5.90. The van der Waals surface area contributed by atoms with Gasteiger partial charge in [0.15, 0.2) is 0 Å². The molecular weight excluding hydrogens is 376 g/mol. The highest BCUT2D eigenvalue weighted by molar-refractivity contribution is 6.33. The molecule has 2 aliphatic heterocycles. The van der Waals surface area contributed by atoms with Gasteiger partial charge in [-0.15, -0.1) is 0 Å². The molecule has 0 spiro atoms. The van der Waals surface area contributed by atoms with Crippen molar-refractivity contribution in [3.63, 3.8) is 0 Å². The first-order valence-electron chi connectivity index (χ1n) is 9.94. The first-order valence-corrected chi connectivity index (χ1v) is 10.3. The SMILES string of the molecule is O=C(c1cnc(N2CCCN(c3ncccn3)CC2)c(Cl)c1)N1CCCCC1. The van der Waals surface area contributed by atoms with Crippen LogP contribution in [0, 0.1) is 0 Å². The first-order chi connectivity index (χ1) is 13.7. The monoisotopic (exact) mass is 400 g/mol. The lowest BCUT2D eigenvalue weighted by Gasteiger charge is -2.27. The van der Waals surface area contributed by atoms with E-state index in [0.29, 0.717) is 10.6 Å². The number of halogens is 1. The van der Waals surface area contributed by atoms with E-state index in [-0.39, 0.29) is 5.91 Å². The van der Waals surface area contributed by atoms with E-state index in [4.69, 9.17) is 11.6 Å². The second-order valence-electron chi connectivity index (χ2n) is 7.26. The van der Waals surface area contributed by atoms with Gasteiger partial charge in [-0.25, -0.2) is 15.0 Å². The highest BCUT2D eigenvalue weighted by Gasteiger charge is 2.22. The Morgan fingerprint density at radius 1 is 0.857 bits per heavy atom. The molecule has 1 amide bonds. The van der Waals surface area contributed by atoms with Crippen LogP contribution < -0.4 is 9.80 Å². The predicted octanol–water partition coefficient (Wildman–Crippen LogP) is 2.87. The Morgan fingerprint density at radius 2 is 1.57 bits per heavy atom. The van der Waals surface area contributed by atoms with Crippen LogP contribution in [0.2, 0.25) is 5.02 Å². The van der Waals surface area contributed by atoms with E-state index in [1.54, 1.807) is 24.7 Å². The van der Waals surface area contributed by atoms with E-state index in [2.05, 4.69) is 24.8 Å². The van der Waals surface area contributed by atoms with Crippen LogP contribution in [0.25, 0.3) is 0 Å². The maximum absolute atomic E-state index is 12.7. The lowest BCUT2D eigenvalue weighted by Crippen LogP contribution is -2.36. The number of amides is 1. The summed E-state index contributed by atoms with van der Waals surface area (Å²) < 4.78 is 0. The normalized spacial score (nSPS) is 18.1. The summed E-state index contributed by atoms with van der Waals surface area (Å²) in [5.41, 5.74) is 0.574. The Morgan fingerprint density at radius 3 is 2.32 bits per heavy atom. The fourth-order valence-electron chi connectivity index (χ4n) is 3.84. The van der Waals surface area contributed by atoms with Gasteiger partial charge in [-0.1, -0.05) is 11.6 Å². The number of pyridine rings is 1. The number of likely N-dealkylation sites (tertiary alicyclic amines) is 1. The van der Waals surface area contributed by atoms with Crippen LogP contribution in [0.15, 0.2) is 30.7 Å². The van der Waals surface area contributed by atoms with Crippen LogP contribution in [0.5, 0.6) is 0 Å². The molecule has 28 heavy (non-hydrogen) atoms. The summed E-state index contributed by atoms with van der Waals surface area (Å²) in [6.45, 7) is 4.98. The molecule has 2 aliphatic rings. The second-order valence-corrected chi connectivity index (χ2v) is 7.67. The van der Waals surface area contributed by atoms with Crippen LogP contribution in [-0.4, -0.2) is 65.0 Å². The highest BCUT2D eigenvalue weighted by atomic mass is 35.5. The molecular formula is C20H25ClN6O. The van der Waals surface area contributed by atoms with Crippen molar-refractivity contribution in [3.05, 3.63) is 41.3 Å². The Labute approximate surface area is 170 Å². The van der Waals surface area contributed by atoms with Gasteiger partial charge in [0, 0.05) is 57.9 Å². The third-order valence-corrected chi connectivity index (χ3v) is 5.62. The largest absolute Gasteiger partial charge is 0.354 e. The lowest BCUT2D eigenvalue weighted by molar-refractivity contribution is 0.0724. The van der Waals surface area contributed by atoms with Gasteiger partial charge in [-0.05, 0) is 37.8 Å². The third kappa shape index (κ3) is 4.19. The average molecular weight is 401 g/mol. The maximum atomic E-state index is 12.7. The number of hydrogen-bond donors (Lipinski definition) is 0. The van der Waals surface area contributed by atoms with Crippen LogP contribution in [-0.2, 0) is 0 Å². The fraction of sp³-hybridized carbons (Fsp3) is 0.500. The number of piperidine rings is 1. The molecule has 148 valence electrons.